The fraction of sp³-hybridized carbons (Fsp3) is 0.158. The summed E-state index contributed by atoms with van der Waals surface area (Å²) in [6.45, 7) is 0.611. The third-order valence-electron chi connectivity index (χ3n) is 4.05. The maximum atomic E-state index is 9.23. The van der Waals surface area contributed by atoms with Crippen LogP contribution in [0.5, 0.6) is 0 Å². The molecule has 23 heavy (non-hydrogen) atoms. The van der Waals surface area contributed by atoms with E-state index in [-0.39, 0.29) is 0 Å². The minimum Gasteiger partial charge on any atom is -0.338 e. The molecule has 2 aromatic rings. The normalized spacial score (nSPS) is 13.0. The molecule has 0 aliphatic heterocycles. The first-order valence-corrected chi connectivity index (χ1v) is 8.83. The van der Waals surface area contributed by atoms with E-state index in [4.69, 9.17) is 0 Å². The summed E-state index contributed by atoms with van der Waals surface area (Å²) in [5, 5.41) is 0. The first-order valence-electron chi connectivity index (χ1n) is 7.63. The van der Waals surface area contributed by atoms with E-state index in [1.165, 1.54) is 27.8 Å². The van der Waals surface area contributed by atoms with E-state index in [0.717, 1.165) is 6.42 Å². The highest BCUT2D eigenvalue weighted by Crippen LogP contribution is 2.34. The van der Waals surface area contributed by atoms with Crippen molar-refractivity contribution in [2.24, 2.45) is 0 Å². The van der Waals surface area contributed by atoms with Gasteiger partial charge in [-0.1, -0.05) is 66.8 Å². The summed E-state index contributed by atoms with van der Waals surface area (Å²) in [5.41, 5.74) is 6.04. The van der Waals surface area contributed by atoms with Gasteiger partial charge in [0.05, 0.1) is 0 Å². The molecule has 0 saturated carbocycles. The van der Waals surface area contributed by atoms with Gasteiger partial charge in [-0.25, -0.2) is 4.67 Å². The summed E-state index contributed by atoms with van der Waals surface area (Å²) < 4.78 is 1.57. The fourth-order valence-electron chi connectivity index (χ4n) is 2.80. The Morgan fingerprint density at radius 1 is 0.913 bits per heavy atom. The van der Waals surface area contributed by atoms with Gasteiger partial charge in [0.25, 0.3) is 8.53 Å². The Morgan fingerprint density at radius 2 is 1.43 bits per heavy atom. The molecule has 1 aliphatic rings. The lowest BCUT2D eigenvalue weighted by Crippen LogP contribution is -2.12. The molecule has 0 saturated heterocycles. The second-order valence-corrected chi connectivity index (χ2v) is 6.78. The molecule has 2 N–H and O–H groups in total. The zero-order valence-corrected chi connectivity index (χ0v) is 13.9. The van der Waals surface area contributed by atoms with Crippen LogP contribution in [0.3, 0.4) is 0 Å². The van der Waals surface area contributed by atoms with Crippen molar-refractivity contribution >= 4 is 26.3 Å². The number of benzene rings is 2. The van der Waals surface area contributed by atoms with Gasteiger partial charge in [-0.2, -0.15) is 0 Å². The number of nitrogens with zero attached hydrogens (tertiary/aromatic N) is 1. The van der Waals surface area contributed by atoms with Crippen LogP contribution in [0, 0.1) is 0 Å². The topological polar surface area (TPSA) is 43.7 Å². The zero-order chi connectivity index (χ0) is 16.2. The molecule has 3 nitrogen and oxygen atoms in total. The first-order chi connectivity index (χ1) is 11.2. The molecule has 0 heterocycles. The van der Waals surface area contributed by atoms with E-state index < -0.39 is 8.53 Å². The molecule has 118 valence electrons. The van der Waals surface area contributed by atoms with E-state index in [1.807, 2.05) is 0 Å². The highest BCUT2D eigenvalue weighted by atomic mass is 31.2. The van der Waals surface area contributed by atoms with Gasteiger partial charge in [-0.05, 0) is 41.3 Å². The average molecular weight is 325 g/mol. The van der Waals surface area contributed by atoms with Gasteiger partial charge in [0.15, 0.2) is 0 Å². The van der Waals surface area contributed by atoms with Gasteiger partial charge < -0.3 is 9.79 Å². The van der Waals surface area contributed by atoms with Crippen LogP contribution in [0.15, 0.2) is 54.6 Å². The Labute approximate surface area is 138 Å². The van der Waals surface area contributed by atoms with Crippen molar-refractivity contribution in [2.45, 2.75) is 6.42 Å². The summed E-state index contributed by atoms with van der Waals surface area (Å²) in [4.78, 5) is 18.5. The minimum atomic E-state index is -2.01. The van der Waals surface area contributed by atoms with E-state index in [9.17, 15) is 9.79 Å². The summed E-state index contributed by atoms with van der Waals surface area (Å²) >= 11 is 0. The Hall–Kier alpha value is -1.77. The molecule has 4 heteroatoms. The lowest BCUT2D eigenvalue weighted by molar-refractivity contribution is 0.380. The van der Waals surface area contributed by atoms with Crippen LogP contribution in [0.4, 0.5) is 0 Å². The second kappa shape index (κ2) is 7.20. The number of hydrogen-bond donors (Lipinski definition) is 2. The van der Waals surface area contributed by atoms with Crippen molar-refractivity contribution in [2.75, 3.05) is 13.6 Å². The number of rotatable bonds is 4. The van der Waals surface area contributed by atoms with Gasteiger partial charge in [-0.15, -0.1) is 0 Å². The van der Waals surface area contributed by atoms with Crippen LogP contribution in [-0.2, 0) is 0 Å². The molecule has 0 fully saturated rings. The summed E-state index contributed by atoms with van der Waals surface area (Å²) in [6.07, 6.45) is 7.26. The number of hydrogen-bond acceptors (Lipinski definition) is 3. The number of fused-ring (bicyclic) bond motifs is 2. The lowest BCUT2D eigenvalue weighted by Gasteiger charge is -2.16. The maximum absolute atomic E-state index is 9.23. The Balaban J connectivity index is 1.99. The summed E-state index contributed by atoms with van der Waals surface area (Å²) in [7, 11) is -0.286. The van der Waals surface area contributed by atoms with E-state index >= 15 is 0 Å². The zero-order valence-electron chi connectivity index (χ0n) is 13.1. The van der Waals surface area contributed by atoms with Crippen molar-refractivity contribution in [3.05, 3.63) is 76.9 Å². The molecule has 2 aromatic carbocycles. The predicted molar refractivity (Wildman–Crippen MR) is 97.5 cm³/mol. The molecule has 3 rings (SSSR count). The molecule has 0 aromatic heterocycles. The fourth-order valence-corrected chi connectivity index (χ4v) is 3.10. The molecular weight excluding hydrogens is 305 g/mol. The van der Waals surface area contributed by atoms with Crippen molar-refractivity contribution in [1.29, 1.82) is 0 Å². The Morgan fingerprint density at radius 3 is 1.96 bits per heavy atom. The highest BCUT2D eigenvalue weighted by molar-refractivity contribution is 7.42. The average Bonchev–Trinajstić information content (AvgIpc) is 2.72. The predicted octanol–water partition coefficient (Wildman–Crippen LogP) is 4.14. The lowest BCUT2D eigenvalue weighted by atomic mass is 9.93. The van der Waals surface area contributed by atoms with E-state index in [2.05, 4.69) is 66.8 Å². The molecule has 0 unspecified atom stereocenters. The summed E-state index contributed by atoms with van der Waals surface area (Å²) in [6, 6.07) is 16.7. The molecule has 0 amide bonds. The SMILES string of the molecule is CN(CCC=C1c2ccccc2C=Cc2ccccc21)P(O)O. The van der Waals surface area contributed by atoms with Gasteiger partial charge >= 0.3 is 0 Å². The Bertz CT molecular complexity index is 701. The van der Waals surface area contributed by atoms with Crippen molar-refractivity contribution < 1.29 is 9.79 Å². The molecule has 1 aliphatic carbocycles. The highest BCUT2D eigenvalue weighted by Gasteiger charge is 2.14. The third-order valence-corrected chi connectivity index (χ3v) is 4.86. The van der Waals surface area contributed by atoms with Crippen molar-refractivity contribution in [3.63, 3.8) is 0 Å². The van der Waals surface area contributed by atoms with Crippen LogP contribution in [0.25, 0.3) is 17.7 Å². The standard InChI is InChI=1S/C19H20NO2P/c1-20(23(21)22)14-6-11-19-17-9-4-2-7-15(17)12-13-16-8-3-5-10-18(16)19/h2-5,7-13,21-22H,6,14H2,1H3. The maximum Gasteiger partial charge on any atom is 0.252 e. The van der Waals surface area contributed by atoms with Gasteiger partial charge in [0, 0.05) is 6.54 Å². The minimum absolute atomic E-state index is 0.611. The van der Waals surface area contributed by atoms with Gasteiger partial charge in [-0.3, -0.25) is 0 Å². The second-order valence-electron chi connectivity index (χ2n) is 5.56. The molecule has 0 spiro atoms. The Kier molecular flexibility index (Phi) is 5.04. The monoisotopic (exact) mass is 325 g/mol. The first kappa shape index (κ1) is 16.1. The summed E-state index contributed by atoms with van der Waals surface area (Å²) in [5.74, 6) is 0. The van der Waals surface area contributed by atoms with Gasteiger partial charge in [0.2, 0.25) is 0 Å². The van der Waals surface area contributed by atoms with Crippen molar-refractivity contribution in [1.82, 2.24) is 4.67 Å². The van der Waals surface area contributed by atoms with Crippen molar-refractivity contribution in [3.8, 4) is 0 Å². The van der Waals surface area contributed by atoms with Crippen LogP contribution in [0.1, 0.15) is 28.7 Å². The third kappa shape index (κ3) is 3.60. The van der Waals surface area contributed by atoms with E-state index in [0.29, 0.717) is 6.54 Å². The van der Waals surface area contributed by atoms with E-state index in [1.54, 1.807) is 11.7 Å². The molecule has 0 radical (unpaired) electrons. The van der Waals surface area contributed by atoms with Crippen LogP contribution < -0.4 is 0 Å². The van der Waals surface area contributed by atoms with Crippen LogP contribution in [0.2, 0.25) is 0 Å². The molecule has 0 bridgehead atoms. The quantitative estimate of drug-likeness (QED) is 0.709. The smallest absolute Gasteiger partial charge is 0.252 e. The van der Waals surface area contributed by atoms with Gasteiger partial charge in [0.1, 0.15) is 0 Å². The largest absolute Gasteiger partial charge is 0.338 e. The molecular formula is C19H20NO2P. The molecule has 0 atom stereocenters. The van der Waals surface area contributed by atoms with Crippen LogP contribution >= 0.6 is 8.53 Å². The van der Waals surface area contributed by atoms with Crippen LogP contribution in [-0.4, -0.2) is 28.0 Å².